The van der Waals surface area contributed by atoms with Crippen molar-refractivity contribution in [1.82, 2.24) is 19.6 Å². The Bertz CT molecular complexity index is 930. The molecule has 4 aromatic heterocycles. The SMILES string of the molecule is Cc1cnc2[nH]cc(-c3ccn4ncc(C)c4c3)c2c1. The fourth-order valence-electron chi connectivity index (χ4n) is 2.62. The van der Waals surface area contributed by atoms with Crippen molar-refractivity contribution in [3.63, 3.8) is 0 Å². The minimum atomic E-state index is 0.927. The molecule has 1 N–H and O–H groups in total. The van der Waals surface area contributed by atoms with E-state index in [4.69, 9.17) is 0 Å². The van der Waals surface area contributed by atoms with Gasteiger partial charge in [-0.25, -0.2) is 9.50 Å². The molecule has 0 aliphatic carbocycles. The molecule has 0 aliphatic rings. The zero-order valence-electron chi connectivity index (χ0n) is 11.4. The van der Waals surface area contributed by atoms with Crippen LogP contribution in [0, 0.1) is 13.8 Å². The summed E-state index contributed by atoms with van der Waals surface area (Å²) in [6.07, 6.45) is 7.79. The summed E-state index contributed by atoms with van der Waals surface area (Å²) in [6.45, 7) is 4.14. The summed E-state index contributed by atoms with van der Waals surface area (Å²) in [5.74, 6) is 0. The van der Waals surface area contributed by atoms with Gasteiger partial charge in [-0.3, -0.25) is 0 Å². The van der Waals surface area contributed by atoms with Gasteiger partial charge in [0, 0.05) is 29.5 Å². The molecule has 4 aromatic rings. The molecule has 0 radical (unpaired) electrons. The van der Waals surface area contributed by atoms with E-state index in [-0.39, 0.29) is 0 Å². The maximum Gasteiger partial charge on any atom is 0.137 e. The second-order valence-electron chi connectivity index (χ2n) is 5.18. The quantitative estimate of drug-likeness (QED) is 0.570. The van der Waals surface area contributed by atoms with E-state index < -0.39 is 0 Å². The average molecular weight is 262 g/mol. The van der Waals surface area contributed by atoms with Gasteiger partial charge in [-0.1, -0.05) is 0 Å². The van der Waals surface area contributed by atoms with Crippen molar-refractivity contribution < 1.29 is 0 Å². The lowest BCUT2D eigenvalue weighted by Gasteiger charge is -2.02. The lowest BCUT2D eigenvalue weighted by Crippen LogP contribution is -1.87. The molecule has 4 heterocycles. The minimum Gasteiger partial charge on any atom is -0.346 e. The Morgan fingerprint density at radius 1 is 1.15 bits per heavy atom. The van der Waals surface area contributed by atoms with Crippen molar-refractivity contribution in [3.8, 4) is 11.1 Å². The number of aromatic nitrogens is 4. The minimum absolute atomic E-state index is 0.927. The third-order valence-electron chi connectivity index (χ3n) is 3.69. The summed E-state index contributed by atoms with van der Waals surface area (Å²) in [6, 6.07) is 6.43. The van der Waals surface area contributed by atoms with Crippen LogP contribution in [0.2, 0.25) is 0 Å². The first-order valence-corrected chi connectivity index (χ1v) is 6.60. The van der Waals surface area contributed by atoms with Crippen LogP contribution in [-0.2, 0) is 0 Å². The maximum atomic E-state index is 4.42. The summed E-state index contributed by atoms with van der Waals surface area (Å²) < 4.78 is 1.90. The second-order valence-corrected chi connectivity index (χ2v) is 5.18. The Morgan fingerprint density at radius 3 is 2.95 bits per heavy atom. The number of nitrogens with one attached hydrogen (secondary N) is 1. The van der Waals surface area contributed by atoms with Crippen molar-refractivity contribution in [1.29, 1.82) is 0 Å². The first kappa shape index (κ1) is 11.2. The summed E-state index contributed by atoms with van der Waals surface area (Å²) in [7, 11) is 0. The van der Waals surface area contributed by atoms with Gasteiger partial charge in [0.05, 0.1) is 11.7 Å². The molecule has 0 aromatic carbocycles. The van der Waals surface area contributed by atoms with Gasteiger partial charge in [0.15, 0.2) is 0 Å². The Balaban J connectivity index is 2.00. The van der Waals surface area contributed by atoms with Gasteiger partial charge in [0.2, 0.25) is 0 Å². The van der Waals surface area contributed by atoms with Gasteiger partial charge in [-0.15, -0.1) is 0 Å². The van der Waals surface area contributed by atoms with Crippen LogP contribution in [0.1, 0.15) is 11.1 Å². The van der Waals surface area contributed by atoms with Gasteiger partial charge >= 0.3 is 0 Å². The summed E-state index contributed by atoms with van der Waals surface area (Å²) in [4.78, 5) is 7.66. The molecule has 4 heteroatoms. The molecule has 20 heavy (non-hydrogen) atoms. The Hall–Kier alpha value is -2.62. The monoisotopic (exact) mass is 262 g/mol. The molecule has 0 unspecified atom stereocenters. The molecule has 4 nitrogen and oxygen atoms in total. The van der Waals surface area contributed by atoms with Crippen molar-refractivity contribution in [3.05, 3.63) is 54.1 Å². The van der Waals surface area contributed by atoms with E-state index in [0.29, 0.717) is 0 Å². The smallest absolute Gasteiger partial charge is 0.137 e. The highest BCUT2D eigenvalue weighted by atomic mass is 15.2. The Labute approximate surface area is 116 Å². The molecule has 0 saturated carbocycles. The molecule has 0 saturated heterocycles. The highest BCUT2D eigenvalue weighted by Gasteiger charge is 2.09. The van der Waals surface area contributed by atoms with Crippen molar-refractivity contribution in [2.75, 3.05) is 0 Å². The van der Waals surface area contributed by atoms with Crippen LogP contribution >= 0.6 is 0 Å². The molecule has 0 fully saturated rings. The van der Waals surface area contributed by atoms with E-state index in [9.17, 15) is 0 Å². The van der Waals surface area contributed by atoms with E-state index in [1.165, 1.54) is 22.3 Å². The zero-order valence-corrected chi connectivity index (χ0v) is 11.4. The highest BCUT2D eigenvalue weighted by molar-refractivity contribution is 5.94. The number of rotatable bonds is 1. The molecule has 0 spiro atoms. The fourth-order valence-corrected chi connectivity index (χ4v) is 2.62. The largest absolute Gasteiger partial charge is 0.346 e. The lowest BCUT2D eigenvalue weighted by molar-refractivity contribution is 0.962. The summed E-state index contributed by atoms with van der Waals surface area (Å²) >= 11 is 0. The predicted octanol–water partition coefficient (Wildman–Crippen LogP) is 3.49. The topological polar surface area (TPSA) is 46.0 Å². The Morgan fingerprint density at radius 2 is 2.05 bits per heavy atom. The molecule has 0 bridgehead atoms. The molecule has 0 atom stereocenters. The molecule has 4 rings (SSSR count). The Kier molecular flexibility index (Phi) is 2.21. The number of hydrogen-bond acceptors (Lipinski definition) is 2. The van der Waals surface area contributed by atoms with Crippen LogP contribution in [-0.4, -0.2) is 19.6 Å². The number of aryl methyl sites for hydroxylation is 2. The van der Waals surface area contributed by atoms with Gasteiger partial charge in [0.25, 0.3) is 0 Å². The zero-order chi connectivity index (χ0) is 13.7. The number of hydrogen-bond donors (Lipinski definition) is 1. The molecule has 0 aliphatic heterocycles. The average Bonchev–Trinajstić information content (AvgIpc) is 3.02. The van der Waals surface area contributed by atoms with Crippen LogP contribution in [0.3, 0.4) is 0 Å². The normalized spacial score (nSPS) is 11.5. The molecule has 0 amide bonds. The van der Waals surface area contributed by atoms with E-state index in [0.717, 1.165) is 16.6 Å². The van der Waals surface area contributed by atoms with Gasteiger partial charge < -0.3 is 4.98 Å². The number of H-pyrrole nitrogens is 1. The summed E-state index contributed by atoms with van der Waals surface area (Å²) in [5, 5.41) is 5.47. The van der Waals surface area contributed by atoms with Crippen molar-refractivity contribution in [2.45, 2.75) is 13.8 Å². The van der Waals surface area contributed by atoms with Crippen LogP contribution < -0.4 is 0 Å². The van der Waals surface area contributed by atoms with Gasteiger partial charge in [-0.2, -0.15) is 5.10 Å². The molecular formula is C16H14N4. The van der Waals surface area contributed by atoms with E-state index in [1.807, 2.05) is 29.3 Å². The van der Waals surface area contributed by atoms with E-state index in [1.54, 1.807) is 0 Å². The standard InChI is InChI=1S/C16H14N4/c1-10-5-13-14(9-18-16(13)17-7-10)12-3-4-20-15(6-12)11(2)8-19-20/h3-9H,1-2H3,(H,17,18). The first-order valence-electron chi connectivity index (χ1n) is 6.60. The number of aromatic amines is 1. The van der Waals surface area contributed by atoms with E-state index >= 15 is 0 Å². The van der Waals surface area contributed by atoms with Crippen molar-refractivity contribution in [2.24, 2.45) is 0 Å². The van der Waals surface area contributed by atoms with Crippen molar-refractivity contribution >= 4 is 16.6 Å². The van der Waals surface area contributed by atoms with Gasteiger partial charge in [-0.05, 0) is 48.7 Å². The van der Waals surface area contributed by atoms with Crippen LogP contribution in [0.5, 0.6) is 0 Å². The first-order chi connectivity index (χ1) is 9.72. The van der Waals surface area contributed by atoms with E-state index in [2.05, 4.69) is 47.1 Å². The predicted molar refractivity (Wildman–Crippen MR) is 79.8 cm³/mol. The number of pyridine rings is 2. The molecule has 98 valence electrons. The van der Waals surface area contributed by atoms with Gasteiger partial charge in [0.1, 0.15) is 5.65 Å². The third-order valence-corrected chi connectivity index (χ3v) is 3.69. The van der Waals surface area contributed by atoms with Crippen LogP contribution in [0.15, 0.2) is 43.0 Å². The number of nitrogens with zero attached hydrogens (tertiary/aromatic N) is 3. The summed E-state index contributed by atoms with van der Waals surface area (Å²) in [5.41, 5.74) is 6.77. The lowest BCUT2D eigenvalue weighted by atomic mass is 10.1. The highest BCUT2D eigenvalue weighted by Crippen LogP contribution is 2.29. The fraction of sp³-hybridized carbons (Fsp3) is 0.125. The molecular weight excluding hydrogens is 248 g/mol. The maximum absolute atomic E-state index is 4.42. The third kappa shape index (κ3) is 1.54. The van der Waals surface area contributed by atoms with Crippen LogP contribution in [0.25, 0.3) is 27.7 Å². The second kappa shape index (κ2) is 3.93. The number of fused-ring (bicyclic) bond motifs is 2. The van der Waals surface area contributed by atoms with Crippen LogP contribution in [0.4, 0.5) is 0 Å².